The van der Waals surface area contributed by atoms with E-state index in [1.807, 2.05) is 25.3 Å². The zero-order valence-electron chi connectivity index (χ0n) is 9.69. The molecule has 0 aliphatic carbocycles. The molecule has 0 saturated carbocycles. The third-order valence-electron chi connectivity index (χ3n) is 3.81. The monoisotopic (exact) mass is 247 g/mol. The highest BCUT2D eigenvalue weighted by Gasteiger charge is 2.34. The highest BCUT2D eigenvalue weighted by Crippen LogP contribution is 2.37. The van der Waals surface area contributed by atoms with Crippen molar-refractivity contribution in [2.75, 3.05) is 4.90 Å². The van der Waals surface area contributed by atoms with Crippen LogP contribution in [0.1, 0.15) is 18.9 Å². The molecule has 2 aliphatic heterocycles. The van der Waals surface area contributed by atoms with Crippen LogP contribution < -0.4 is 4.90 Å². The van der Waals surface area contributed by atoms with Crippen LogP contribution in [0, 0.1) is 5.92 Å². The molecule has 0 radical (unpaired) electrons. The molecule has 0 bridgehead atoms. The average Bonchev–Trinajstić information content (AvgIpc) is 2.33. The first-order valence-corrected chi connectivity index (χ1v) is 6.33. The van der Waals surface area contributed by atoms with E-state index in [0.717, 1.165) is 17.9 Å². The van der Waals surface area contributed by atoms with E-state index in [9.17, 15) is 4.79 Å². The van der Waals surface area contributed by atoms with E-state index in [1.54, 1.807) is 6.08 Å². The molecule has 0 amide bonds. The summed E-state index contributed by atoms with van der Waals surface area (Å²) in [5.41, 5.74) is 2.47. The van der Waals surface area contributed by atoms with Gasteiger partial charge in [-0.25, -0.2) is 0 Å². The van der Waals surface area contributed by atoms with Crippen molar-refractivity contribution in [2.24, 2.45) is 5.92 Å². The number of benzene rings is 1. The van der Waals surface area contributed by atoms with Crippen LogP contribution in [-0.2, 0) is 11.2 Å². The number of allylic oxidation sites excluding steroid dienone is 1. The van der Waals surface area contributed by atoms with Gasteiger partial charge in [-0.3, -0.25) is 4.79 Å². The Bertz CT molecular complexity index is 509. The van der Waals surface area contributed by atoms with Crippen molar-refractivity contribution in [3.8, 4) is 0 Å². The summed E-state index contributed by atoms with van der Waals surface area (Å²) in [6.45, 7) is 2.02. The van der Waals surface area contributed by atoms with Gasteiger partial charge in [0, 0.05) is 28.9 Å². The summed E-state index contributed by atoms with van der Waals surface area (Å²) in [5, 5.41) is 0.785. The van der Waals surface area contributed by atoms with Crippen molar-refractivity contribution in [2.45, 2.75) is 25.8 Å². The molecule has 0 saturated heterocycles. The fourth-order valence-electron chi connectivity index (χ4n) is 2.80. The minimum Gasteiger partial charge on any atom is -0.344 e. The molecule has 0 unspecified atom stereocenters. The van der Waals surface area contributed by atoms with Crippen molar-refractivity contribution in [3.05, 3.63) is 41.1 Å². The van der Waals surface area contributed by atoms with Crippen molar-refractivity contribution in [1.82, 2.24) is 0 Å². The summed E-state index contributed by atoms with van der Waals surface area (Å²) < 4.78 is 0. The second-order valence-electron chi connectivity index (χ2n) is 4.79. The lowest BCUT2D eigenvalue weighted by Crippen LogP contribution is -2.45. The number of anilines is 1. The van der Waals surface area contributed by atoms with E-state index < -0.39 is 0 Å². The Morgan fingerprint density at radius 1 is 1.41 bits per heavy atom. The molecule has 3 heteroatoms. The molecule has 2 atom stereocenters. The Hall–Kier alpha value is -1.28. The van der Waals surface area contributed by atoms with Crippen LogP contribution in [0.2, 0.25) is 5.02 Å². The molecule has 1 aromatic carbocycles. The maximum absolute atomic E-state index is 11.7. The molecular weight excluding hydrogens is 234 g/mol. The minimum atomic E-state index is 0.0869. The summed E-state index contributed by atoms with van der Waals surface area (Å²) in [6.07, 6.45) is 5.62. The van der Waals surface area contributed by atoms with E-state index in [-0.39, 0.29) is 11.7 Å². The minimum absolute atomic E-state index is 0.0869. The van der Waals surface area contributed by atoms with Crippen LogP contribution in [0.25, 0.3) is 0 Å². The Morgan fingerprint density at radius 2 is 2.24 bits per heavy atom. The Kier molecular flexibility index (Phi) is 2.48. The third kappa shape index (κ3) is 1.67. The summed E-state index contributed by atoms with van der Waals surface area (Å²) in [4.78, 5) is 13.9. The maximum Gasteiger partial charge on any atom is 0.162 e. The topological polar surface area (TPSA) is 20.3 Å². The van der Waals surface area contributed by atoms with Crippen LogP contribution in [0.15, 0.2) is 30.5 Å². The zero-order valence-corrected chi connectivity index (χ0v) is 10.4. The second kappa shape index (κ2) is 3.88. The van der Waals surface area contributed by atoms with Gasteiger partial charge in [-0.15, -0.1) is 0 Å². The van der Waals surface area contributed by atoms with Gasteiger partial charge in [-0.2, -0.15) is 0 Å². The van der Waals surface area contributed by atoms with E-state index in [0.29, 0.717) is 6.04 Å². The summed E-state index contributed by atoms with van der Waals surface area (Å²) in [5.74, 6) is 0.326. The number of carbonyl (C=O) groups is 1. The Morgan fingerprint density at radius 3 is 3.06 bits per heavy atom. The number of halogens is 1. The maximum atomic E-state index is 11.7. The fourth-order valence-corrected chi connectivity index (χ4v) is 3.00. The van der Waals surface area contributed by atoms with E-state index in [2.05, 4.69) is 11.0 Å². The van der Waals surface area contributed by atoms with E-state index in [1.165, 1.54) is 11.3 Å². The molecule has 17 heavy (non-hydrogen) atoms. The lowest BCUT2D eigenvalue weighted by molar-refractivity contribution is -0.118. The molecule has 2 heterocycles. The van der Waals surface area contributed by atoms with Crippen molar-refractivity contribution < 1.29 is 4.79 Å². The highest BCUT2D eigenvalue weighted by atomic mass is 35.5. The van der Waals surface area contributed by atoms with Gasteiger partial charge in [0.1, 0.15) is 0 Å². The molecule has 0 aromatic heterocycles. The zero-order chi connectivity index (χ0) is 12.0. The van der Waals surface area contributed by atoms with E-state index in [4.69, 9.17) is 11.6 Å². The van der Waals surface area contributed by atoms with Crippen LogP contribution in [0.3, 0.4) is 0 Å². The Balaban J connectivity index is 2.07. The molecule has 0 fully saturated rings. The van der Waals surface area contributed by atoms with Gasteiger partial charge in [0.2, 0.25) is 0 Å². The molecule has 0 N–H and O–H groups in total. The van der Waals surface area contributed by atoms with Gasteiger partial charge < -0.3 is 4.90 Å². The smallest absolute Gasteiger partial charge is 0.162 e. The number of hydrogen-bond acceptors (Lipinski definition) is 2. The summed E-state index contributed by atoms with van der Waals surface area (Å²) in [7, 11) is 0. The SMILES string of the molecule is C[C@@H]1C(=O)C=CN2c3ccc(Cl)cc3CC[C@H]12. The number of fused-ring (bicyclic) bond motifs is 3. The number of nitrogens with zero attached hydrogens (tertiary/aromatic N) is 1. The quantitative estimate of drug-likeness (QED) is 0.702. The predicted molar refractivity (Wildman–Crippen MR) is 69.4 cm³/mol. The first-order chi connectivity index (χ1) is 8.16. The number of ketones is 1. The van der Waals surface area contributed by atoms with Crippen molar-refractivity contribution in [1.29, 1.82) is 0 Å². The first kappa shape index (κ1) is 10.8. The fraction of sp³-hybridized carbons (Fsp3) is 0.357. The molecule has 88 valence electrons. The molecule has 1 aromatic rings. The lowest BCUT2D eigenvalue weighted by Gasteiger charge is -2.41. The van der Waals surface area contributed by atoms with E-state index >= 15 is 0 Å². The number of aryl methyl sites for hydroxylation is 1. The number of hydrogen-bond donors (Lipinski definition) is 0. The van der Waals surface area contributed by atoms with Gasteiger partial charge in [0.05, 0.1) is 0 Å². The molecule has 2 nitrogen and oxygen atoms in total. The van der Waals surface area contributed by atoms with Gasteiger partial charge >= 0.3 is 0 Å². The molecule has 2 aliphatic rings. The Labute approximate surface area is 106 Å². The average molecular weight is 248 g/mol. The number of rotatable bonds is 0. The van der Waals surface area contributed by atoms with Gasteiger partial charge in [-0.05, 0) is 42.7 Å². The molecule has 3 rings (SSSR count). The molecular formula is C14H14ClNO. The van der Waals surface area contributed by atoms with Crippen LogP contribution in [0.4, 0.5) is 5.69 Å². The van der Waals surface area contributed by atoms with Gasteiger partial charge in [0.15, 0.2) is 5.78 Å². The second-order valence-corrected chi connectivity index (χ2v) is 5.23. The van der Waals surface area contributed by atoms with Crippen molar-refractivity contribution >= 4 is 23.1 Å². The normalized spacial score (nSPS) is 26.7. The van der Waals surface area contributed by atoms with Crippen LogP contribution in [0.5, 0.6) is 0 Å². The first-order valence-electron chi connectivity index (χ1n) is 5.95. The molecule has 0 spiro atoms. The third-order valence-corrected chi connectivity index (χ3v) is 4.05. The lowest BCUT2D eigenvalue weighted by atomic mass is 9.84. The van der Waals surface area contributed by atoms with Crippen molar-refractivity contribution in [3.63, 3.8) is 0 Å². The highest BCUT2D eigenvalue weighted by molar-refractivity contribution is 6.30. The van der Waals surface area contributed by atoms with Crippen LogP contribution in [-0.4, -0.2) is 11.8 Å². The summed E-state index contributed by atoms with van der Waals surface area (Å²) >= 11 is 6.01. The largest absolute Gasteiger partial charge is 0.344 e. The predicted octanol–water partition coefficient (Wildman–Crippen LogP) is 3.19. The summed E-state index contributed by atoms with van der Waals surface area (Å²) in [6, 6.07) is 6.30. The number of carbonyl (C=O) groups excluding carboxylic acids is 1. The van der Waals surface area contributed by atoms with Gasteiger partial charge in [0.25, 0.3) is 0 Å². The van der Waals surface area contributed by atoms with Gasteiger partial charge in [-0.1, -0.05) is 18.5 Å². The van der Waals surface area contributed by atoms with Crippen LogP contribution >= 0.6 is 11.6 Å². The standard InChI is InChI=1S/C14H14ClNO/c1-9-12-4-2-10-8-11(15)3-5-13(10)16(12)7-6-14(9)17/h3,5-9,12H,2,4H2,1H3/t9-,12+/m0/s1.